The van der Waals surface area contributed by atoms with Gasteiger partial charge in [0, 0.05) is 16.3 Å². The van der Waals surface area contributed by atoms with Crippen LogP contribution in [-0.4, -0.2) is 12.4 Å². The van der Waals surface area contributed by atoms with Gasteiger partial charge in [-0.3, -0.25) is 4.39 Å². The summed E-state index contributed by atoms with van der Waals surface area (Å²) >= 11 is 1.61. The average Bonchev–Trinajstić information content (AvgIpc) is 2.09. The molecule has 0 saturated carbocycles. The number of hydrogen-bond donors (Lipinski definition) is 1. The van der Waals surface area contributed by atoms with Gasteiger partial charge in [-0.2, -0.15) is 0 Å². The van der Waals surface area contributed by atoms with Crippen molar-refractivity contribution in [2.24, 2.45) is 0 Å². The number of benzene rings is 1. The van der Waals surface area contributed by atoms with E-state index in [0.29, 0.717) is 6.42 Å². The Kier molecular flexibility index (Phi) is 3.94. The number of hydrogen-bond acceptors (Lipinski definition) is 2. The molecule has 0 aliphatic rings. The van der Waals surface area contributed by atoms with Gasteiger partial charge in [0.25, 0.3) is 0 Å². The highest BCUT2D eigenvalue weighted by molar-refractivity contribution is 7.99. The first-order valence-electron chi connectivity index (χ1n) is 3.88. The fourth-order valence-electron chi connectivity index (χ4n) is 0.849. The Bertz CT molecular complexity index is 240. The molecule has 0 saturated heterocycles. The molecule has 0 unspecified atom stereocenters. The highest BCUT2D eigenvalue weighted by atomic mass is 32.2. The predicted molar refractivity (Wildman–Crippen MR) is 52.2 cm³/mol. The minimum absolute atomic E-state index is 0.250. The summed E-state index contributed by atoms with van der Waals surface area (Å²) in [5.74, 6) is 0.796. The summed E-state index contributed by atoms with van der Waals surface area (Å²) in [4.78, 5) is 1.05. The first-order chi connectivity index (χ1) is 5.84. The molecule has 0 spiro atoms. The van der Waals surface area contributed by atoms with Crippen molar-refractivity contribution in [3.8, 4) is 0 Å². The molecule has 1 aromatic rings. The minimum Gasteiger partial charge on any atom is -0.398 e. The van der Waals surface area contributed by atoms with Gasteiger partial charge in [0.15, 0.2) is 0 Å². The van der Waals surface area contributed by atoms with Crippen molar-refractivity contribution < 1.29 is 4.39 Å². The van der Waals surface area contributed by atoms with E-state index in [1.165, 1.54) is 0 Å². The molecular formula is C9H12FNS. The number of alkyl halides is 1. The molecular weight excluding hydrogens is 173 g/mol. The number of rotatable bonds is 4. The molecule has 12 heavy (non-hydrogen) atoms. The summed E-state index contributed by atoms with van der Waals surface area (Å²) in [6.45, 7) is -0.250. The SMILES string of the molecule is Nc1ccccc1SCCCF. The Balaban J connectivity index is 2.46. The molecule has 3 heteroatoms. The standard InChI is InChI=1S/C9H12FNS/c10-6-3-7-12-9-5-2-1-4-8(9)11/h1-2,4-5H,3,6-7,11H2. The van der Waals surface area contributed by atoms with Crippen LogP contribution in [0.3, 0.4) is 0 Å². The lowest BCUT2D eigenvalue weighted by Gasteiger charge is -2.02. The Labute approximate surface area is 76.2 Å². The van der Waals surface area contributed by atoms with Gasteiger partial charge in [0.05, 0.1) is 6.67 Å². The van der Waals surface area contributed by atoms with Gasteiger partial charge in [-0.25, -0.2) is 0 Å². The molecule has 0 radical (unpaired) electrons. The van der Waals surface area contributed by atoms with Crippen LogP contribution in [0.1, 0.15) is 6.42 Å². The van der Waals surface area contributed by atoms with Crippen LogP contribution in [-0.2, 0) is 0 Å². The summed E-state index contributed by atoms with van der Waals surface area (Å²) in [6, 6.07) is 7.65. The van der Waals surface area contributed by atoms with E-state index in [0.717, 1.165) is 16.3 Å². The summed E-state index contributed by atoms with van der Waals surface area (Å²) in [7, 11) is 0. The molecule has 2 N–H and O–H groups in total. The Morgan fingerprint density at radius 1 is 1.33 bits per heavy atom. The lowest BCUT2D eigenvalue weighted by molar-refractivity contribution is 0.489. The molecule has 0 atom stereocenters. The van der Waals surface area contributed by atoms with Gasteiger partial charge in [-0.1, -0.05) is 12.1 Å². The molecule has 0 heterocycles. The molecule has 1 rings (SSSR count). The van der Waals surface area contributed by atoms with Crippen LogP contribution in [0.15, 0.2) is 29.2 Å². The summed E-state index contributed by atoms with van der Waals surface area (Å²) in [5, 5.41) is 0. The molecule has 0 fully saturated rings. The van der Waals surface area contributed by atoms with Crippen molar-refractivity contribution in [3.63, 3.8) is 0 Å². The first-order valence-corrected chi connectivity index (χ1v) is 4.86. The van der Waals surface area contributed by atoms with Crippen LogP contribution in [0.25, 0.3) is 0 Å². The molecule has 66 valence electrons. The van der Waals surface area contributed by atoms with Crippen LogP contribution >= 0.6 is 11.8 Å². The quantitative estimate of drug-likeness (QED) is 0.443. The maximum atomic E-state index is 11.8. The normalized spacial score (nSPS) is 10.1. The zero-order valence-corrected chi connectivity index (χ0v) is 7.61. The van der Waals surface area contributed by atoms with Crippen LogP contribution in [0, 0.1) is 0 Å². The lowest BCUT2D eigenvalue weighted by Crippen LogP contribution is -1.88. The highest BCUT2D eigenvalue weighted by Crippen LogP contribution is 2.24. The maximum absolute atomic E-state index is 11.8. The molecule has 1 nitrogen and oxygen atoms in total. The molecule has 0 aliphatic heterocycles. The van der Waals surface area contributed by atoms with Crippen molar-refractivity contribution in [3.05, 3.63) is 24.3 Å². The zero-order chi connectivity index (χ0) is 8.81. The van der Waals surface area contributed by atoms with Gasteiger partial charge < -0.3 is 5.73 Å². The molecule has 0 aliphatic carbocycles. The van der Waals surface area contributed by atoms with Crippen molar-refractivity contribution in [1.82, 2.24) is 0 Å². The number of anilines is 1. The van der Waals surface area contributed by atoms with Gasteiger partial charge in [0.2, 0.25) is 0 Å². The summed E-state index contributed by atoms with van der Waals surface area (Å²) in [6.07, 6.45) is 0.596. The highest BCUT2D eigenvalue weighted by Gasteiger charge is 1.96. The van der Waals surface area contributed by atoms with E-state index in [4.69, 9.17) is 5.73 Å². The second-order valence-electron chi connectivity index (χ2n) is 2.43. The number of nitrogen functional groups attached to an aromatic ring is 1. The number of nitrogens with two attached hydrogens (primary N) is 1. The van der Waals surface area contributed by atoms with E-state index in [1.54, 1.807) is 11.8 Å². The van der Waals surface area contributed by atoms with E-state index in [2.05, 4.69) is 0 Å². The monoisotopic (exact) mass is 185 g/mol. The molecule has 0 aromatic heterocycles. The maximum Gasteiger partial charge on any atom is 0.0902 e. The van der Waals surface area contributed by atoms with Gasteiger partial charge >= 0.3 is 0 Å². The van der Waals surface area contributed by atoms with Crippen LogP contribution in [0.4, 0.5) is 10.1 Å². The molecule has 0 bridgehead atoms. The Morgan fingerprint density at radius 3 is 2.75 bits per heavy atom. The van der Waals surface area contributed by atoms with Crippen molar-refractivity contribution in [2.45, 2.75) is 11.3 Å². The number of halogens is 1. The molecule has 0 amide bonds. The van der Waals surface area contributed by atoms with E-state index in [-0.39, 0.29) is 6.67 Å². The second kappa shape index (κ2) is 5.04. The Morgan fingerprint density at radius 2 is 2.08 bits per heavy atom. The van der Waals surface area contributed by atoms with E-state index >= 15 is 0 Å². The van der Waals surface area contributed by atoms with Gasteiger partial charge in [-0.05, 0) is 18.6 Å². The second-order valence-corrected chi connectivity index (χ2v) is 3.57. The third-order valence-corrected chi connectivity index (χ3v) is 2.63. The van der Waals surface area contributed by atoms with Crippen molar-refractivity contribution in [2.75, 3.05) is 18.2 Å². The third kappa shape index (κ3) is 2.74. The summed E-state index contributed by atoms with van der Waals surface area (Å²) in [5.41, 5.74) is 6.47. The average molecular weight is 185 g/mol. The largest absolute Gasteiger partial charge is 0.398 e. The fraction of sp³-hybridized carbons (Fsp3) is 0.333. The third-order valence-electron chi connectivity index (χ3n) is 1.45. The van der Waals surface area contributed by atoms with Crippen molar-refractivity contribution in [1.29, 1.82) is 0 Å². The lowest BCUT2D eigenvalue weighted by atomic mass is 10.3. The van der Waals surface area contributed by atoms with Crippen LogP contribution in [0.2, 0.25) is 0 Å². The molecule has 1 aromatic carbocycles. The smallest absolute Gasteiger partial charge is 0.0902 e. The fourth-order valence-corrected chi connectivity index (χ4v) is 1.73. The van der Waals surface area contributed by atoms with E-state index in [9.17, 15) is 4.39 Å². The van der Waals surface area contributed by atoms with E-state index < -0.39 is 0 Å². The Hall–Kier alpha value is -0.700. The van der Waals surface area contributed by atoms with Crippen molar-refractivity contribution >= 4 is 17.4 Å². The number of thioether (sulfide) groups is 1. The topological polar surface area (TPSA) is 26.0 Å². The summed E-state index contributed by atoms with van der Waals surface area (Å²) < 4.78 is 11.8. The first kappa shape index (κ1) is 9.39. The van der Waals surface area contributed by atoms with Gasteiger partial charge in [-0.15, -0.1) is 11.8 Å². The number of para-hydroxylation sites is 1. The van der Waals surface area contributed by atoms with E-state index in [1.807, 2.05) is 24.3 Å². The van der Waals surface area contributed by atoms with Gasteiger partial charge in [0.1, 0.15) is 0 Å². The predicted octanol–water partition coefficient (Wildman–Crippen LogP) is 2.72. The van der Waals surface area contributed by atoms with Crippen LogP contribution in [0.5, 0.6) is 0 Å². The zero-order valence-electron chi connectivity index (χ0n) is 6.79. The van der Waals surface area contributed by atoms with Crippen LogP contribution < -0.4 is 5.73 Å². The minimum atomic E-state index is -0.250.